The second-order valence-corrected chi connectivity index (χ2v) is 5.83. The summed E-state index contributed by atoms with van der Waals surface area (Å²) in [5.74, 6) is 1.54. The maximum absolute atomic E-state index is 12.5. The van der Waals surface area contributed by atoms with E-state index in [1.807, 2.05) is 20.2 Å². The molecule has 0 aliphatic heterocycles. The van der Waals surface area contributed by atoms with Gasteiger partial charge in [-0.15, -0.1) is 0 Å². The molecule has 1 aromatic rings. The monoisotopic (exact) mass is 315 g/mol. The van der Waals surface area contributed by atoms with Gasteiger partial charge in [-0.05, 0) is 31.7 Å². The fourth-order valence-corrected chi connectivity index (χ4v) is 3.01. The summed E-state index contributed by atoms with van der Waals surface area (Å²) in [6, 6.07) is 3.60. The first-order valence-corrected chi connectivity index (χ1v) is 8.48. The lowest BCUT2D eigenvalue weighted by Crippen LogP contribution is -2.38. The first-order valence-electron chi connectivity index (χ1n) is 6.71. The number of carbonyl (C=O) groups excluding carboxylic acids is 1. The van der Waals surface area contributed by atoms with Crippen LogP contribution in [0.25, 0.3) is 0 Å². The standard InChI is InChI=1S/C14H22ClN3OS/c1-5-11(9-20-4)18(3)14(19)10-7-12(15)17-13(8-10)16-6-2/h7-8,11H,5-6,9H2,1-4H3,(H,16,17). The van der Waals surface area contributed by atoms with Crippen molar-refractivity contribution < 1.29 is 4.79 Å². The number of thioether (sulfide) groups is 1. The maximum atomic E-state index is 12.5. The molecule has 6 heteroatoms. The molecule has 1 unspecified atom stereocenters. The van der Waals surface area contributed by atoms with E-state index in [9.17, 15) is 4.79 Å². The normalized spacial score (nSPS) is 12.1. The van der Waals surface area contributed by atoms with Crippen LogP contribution in [0.2, 0.25) is 5.15 Å². The summed E-state index contributed by atoms with van der Waals surface area (Å²) in [5.41, 5.74) is 0.572. The maximum Gasteiger partial charge on any atom is 0.254 e. The highest BCUT2D eigenvalue weighted by molar-refractivity contribution is 7.98. The van der Waals surface area contributed by atoms with Gasteiger partial charge in [0.15, 0.2) is 0 Å². The van der Waals surface area contributed by atoms with Gasteiger partial charge in [0.05, 0.1) is 0 Å². The average Bonchev–Trinajstić information content (AvgIpc) is 2.43. The summed E-state index contributed by atoms with van der Waals surface area (Å²) in [6.45, 7) is 4.80. The molecule has 0 aliphatic rings. The Morgan fingerprint density at radius 1 is 1.50 bits per heavy atom. The molecule has 4 nitrogen and oxygen atoms in total. The quantitative estimate of drug-likeness (QED) is 0.783. The van der Waals surface area contributed by atoms with Gasteiger partial charge in [0, 0.05) is 31.0 Å². The highest BCUT2D eigenvalue weighted by Gasteiger charge is 2.20. The summed E-state index contributed by atoms with van der Waals surface area (Å²) in [5, 5.41) is 3.41. The highest BCUT2D eigenvalue weighted by atomic mass is 35.5. The Balaban J connectivity index is 2.95. The van der Waals surface area contributed by atoms with Crippen molar-refractivity contribution in [2.24, 2.45) is 0 Å². The molecule has 112 valence electrons. The zero-order chi connectivity index (χ0) is 15.1. The molecule has 0 fully saturated rings. The topological polar surface area (TPSA) is 45.2 Å². The summed E-state index contributed by atoms with van der Waals surface area (Å²) in [4.78, 5) is 18.5. The van der Waals surface area contributed by atoms with E-state index >= 15 is 0 Å². The number of aromatic nitrogens is 1. The first-order chi connectivity index (χ1) is 9.53. The summed E-state index contributed by atoms with van der Waals surface area (Å²) >= 11 is 7.73. The minimum atomic E-state index is -0.0191. The largest absolute Gasteiger partial charge is 0.370 e. The van der Waals surface area contributed by atoms with Gasteiger partial charge in [-0.3, -0.25) is 4.79 Å². The lowest BCUT2D eigenvalue weighted by molar-refractivity contribution is 0.0743. The molecule has 1 atom stereocenters. The smallest absolute Gasteiger partial charge is 0.254 e. The van der Waals surface area contributed by atoms with E-state index in [1.54, 1.807) is 28.8 Å². The predicted molar refractivity (Wildman–Crippen MR) is 88.0 cm³/mol. The third-order valence-corrected chi connectivity index (χ3v) is 4.01. The third-order valence-electron chi connectivity index (χ3n) is 3.10. The Labute approximate surface area is 130 Å². The number of nitrogens with zero attached hydrogens (tertiary/aromatic N) is 2. The van der Waals surface area contributed by atoms with E-state index in [0.29, 0.717) is 16.5 Å². The van der Waals surface area contributed by atoms with Crippen molar-refractivity contribution in [1.82, 2.24) is 9.88 Å². The molecule has 0 bridgehead atoms. The van der Waals surface area contributed by atoms with E-state index in [0.717, 1.165) is 18.7 Å². The Morgan fingerprint density at radius 3 is 2.75 bits per heavy atom. The van der Waals surface area contributed by atoms with Crippen LogP contribution in [0.1, 0.15) is 30.6 Å². The van der Waals surface area contributed by atoms with Gasteiger partial charge in [0.2, 0.25) is 0 Å². The molecule has 1 aromatic heterocycles. The third kappa shape index (κ3) is 4.56. The minimum Gasteiger partial charge on any atom is -0.370 e. The zero-order valence-corrected chi connectivity index (χ0v) is 14.0. The Hall–Kier alpha value is -0.940. The Morgan fingerprint density at radius 2 is 2.20 bits per heavy atom. The van der Waals surface area contributed by atoms with Crippen LogP contribution in [0.3, 0.4) is 0 Å². The highest BCUT2D eigenvalue weighted by Crippen LogP contribution is 2.18. The van der Waals surface area contributed by atoms with Crippen molar-refractivity contribution >= 4 is 35.1 Å². The second kappa shape index (κ2) is 8.37. The Bertz CT molecular complexity index is 456. The van der Waals surface area contributed by atoms with Crippen molar-refractivity contribution in [2.45, 2.75) is 26.3 Å². The van der Waals surface area contributed by atoms with Gasteiger partial charge < -0.3 is 10.2 Å². The van der Waals surface area contributed by atoms with Crippen LogP contribution in [0.15, 0.2) is 12.1 Å². The van der Waals surface area contributed by atoms with Crippen molar-refractivity contribution in [3.63, 3.8) is 0 Å². The van der Waals surface area contributed by atoms with Crippen molar-refractivity contribution in [3.8, 4) is 0 Å². The summed E-state index contributed by atoms with van der Waals surface area (Å²) in [6.07, 6.45) is 2.98. The Kier molecular flexibility index (Phi) is 7.16. The van der Waals surface area contributed by atoms with E-state index < -0.39 is 0 Å². The molecule has 1 N–H and O–H groups in total. The zero-order valence-electron chi connectivity index (χ0n) is 12.4. The minimum absolute atomic E-state index is 0.0191. The van der Waals surface area contributed by atoms with Crippen LogP contribution in [-0.4, -0.2) is 47.4 Å². The number of pyridine rings is 1. The van der Waals surface area contributed by atoms with Crippen LogP contribution in [0.5, 0.6) is 0 Å². The fraction of sp³-hybridized carbons (Fsp3) is 0.571. The fourth-order valence-electron chi connectivity index (χ4n) is 1.96. The number of halogens is 1. The van der Waals surface area contributed by atoms with E-state index in [1.165, 1.54) is 0 Å². The number of rotatable bonds is 7. The molecule has 0 saturated carbocycles. The SMILES string of the molecule is CCNc1cc(C(=O)N(C)C(CC)CSC)cc(Cl)n1. The molecule has 0 aliphatic carbocycles. The van der Waals surface area contributed by atoms with Gasteiger partial charge in [-0.2, -0.15) is 11.8 Å². The van der Waals surface area contributed by atoms with Crippen molar-refractivity contribution in [1.29, 1.82) is 0 Å². The number of hydrogen-bond acceptors (Lipinski definition) is 4. The van der Waals surface area contributed by atoms with Gasteiger partial charge in [0.25, 0.3) is 5.91 Å². The van der Waals surface area contributed by atoms with Crippen LogP contribution in [-0.2, 0) is 0 Å². The van der Waals surface area contributed by atoms with Gasteiger partial charge >= 0.3 is 0 Å². The van der Waals surface area contributed by atoms with Crippen LogP contribution >= 0.6 is 23.4 Å². The molecule has 20 heavy (non-hydrogen) atoms. The lowest BCUT2D eigenvalue weighted by Gasteiger charge is -2.27. The number of nitrogens with one attached hydrogen (secondary N) is 1. The molecule has 1 heterocycles. The molecule has 0 spiro atoms. The van der Waals surface area contributed by atoms with Crippen LogP contribution < -0.4 is 5.32 Å². The number of hydrogen-bond donors (Lipinski definition) is 1. The average molecular weight is 316 g/mol. The van der Waals surface area contributed by atoms with Gasteiger partial charge in [-0.25, -0.2) is 4.98 Å². The van der Waals surface area contributed by atoms with Gasteiger partial charge in [0.1, 0.15) is 11.0 Å². The number of anilines is 1. The molecule has 0 radical (unpaired) electrons. The molecule has 0 aromatic carbocycles. The van der Waals surface area contributed by atoms with Gasteiger partial charge in [-0.1, -0.05) is 18.5 Å². The molecular weight excluding hydrogens is 294 g/mol. The first kappa shape index (κ1) is 17.1. The van der Waals surface area contributed by atoms with Crippen LogP contribution in [0, 0.1) is 0 Å². The van der Waals surface area contributed by atoms with E-state index in [4.69, 9.17) is 11.6 Å². The van der Waals surface area contributed by atoms with E-state index in [-0.39, 0.29) is 11.9 Å². The second-order valence-electron chi connectivity index (χ2n) is 4.53. The molecular formula is C14H22ClN3OS. The summed E-state index contributed by atoms with van der Waals surface area (Å²) in [7, 11) is 1.84. The molecule has 1 rings (SSSR count). The lowest BCUT2D eigenvalue weighted by atomic mass is 10.1. The summed E-state index contributed by atoms with van der Waals surface area (Å²) < 4.78 is 0. The number of carbonyl (C=O) groups is 1. The van der Waals surface area contributed by atoms with Crippen molar-refractivity contribution in [2.75, 3.05) is 30.9 Å². The van der Waals surface area contributed by atoms with Crippen molar-refractivity contribution in [3.05, 3.63) is 22.8 Å². The molecule has 0 saturated heterocycles. The number of amides is 1. The molecule has 1 amide bonds. The van der Waals surface area contributed by atoms with E-state index in [2.05, 4.69) is 17.2 Å². The predicted octanol–water partition coefficient (Wildman–Crippen LogP) is 3.38. The van der Waals surface area contributed by atoms with Crippen LogP contribution in [0.4, 0.5) is 5.82 Å².